The third kappa shape index (κ3) is 1.63. The van der Waals surface area contributed by atoms with E-state index in [9.17, 15) is 13.9 Å². The highest BCUT2D eigenvalue weighted by atomic mass is 19.1. The van der Waals surface area contributed by atoms with Crippen LogP contribution in [0.1, 0.15) is 19.4 Å². The van der Waals surface area contributed by atoms with E-state index in [0.717, 1.165) is 13.8 Å². The summed E-state index contributed by atoms with van der Waals surface area (Å²) in [6, 6.07) is 0.542. The first kappa shape index (κ1) is 10.7. The summed E-state index contributed by atoms with van der Waals surface area (Å²) in [5, 5.41) is 27.3. The van der Waals surface area contributed by atoms with Crippen molar-refractivity contribution in [2.75, 3.05) is 0 Å². The summed E-state index contributed by atoms with van der Waals surface area (Å²) >= 11 is 0. The first-order valence-corrected chi connectivity index (χ1v) is 3.88. The van der Waals surface area contributed by atoms with Crippen LogP contribution in [-0.4, -0.2) is 15.3 Å². The van der Waals surface area contributed by atoms with Gasteiger partial charge in [0, 0.05) is 6.07 Å². The molecule has 0 saturated carbocycles. The van der Waals surface area contributed by atoms with Gasteiger partial charge in [-0.05, 0) is 13.8 Å². The minimum atomic E-state index is -1.82. The van der Waals surface area contributed by atoms with Gasteiger partial charge in [0.2, 0.25) is 0 Å². The van der Waals surface area contributed by atoms with Crippen molar-refractivity contribution in [2.45, 2.75) is 19.4 Å². The Kier molecular flexibility index (Phi) is 2.37. The van der Waals surface area contributed by atoms with Crippen LogP contribution in [0.2, 0.25) is 0 Å². The molecule has 1 aromatic rings. The Morgan fingerprint density at radius 2 is 1.43 bits per heavy atom. The van der Waals surface area contributed by atoms with E-state index in [1.54, 1.807) is 0 Å². The van der Waals surface area contributed by atoms with Gasteiger partial charge in [0.15, 0.2) is 23.1 Å². The fourth-order valence-electron chi connectivity index (χ4n) is 1.15. The molecule has 5 heteroatoms. The zero-order chi connectivity index (χ0) is 11.1. The molecular weight excluding hydrogens is 194 g/mol. The maximum atomic E-state index is 13.2. The van der Waals surface area contributed by atoms with E-state index in [2.05, 4.69) is 0 Å². The van der Waals surface area contributed by atoms with Crippen LogP contribution in [0, 0.1) is 11.6 Å². The largest absolute Gasteiger partial charge is 0.505 e. The fraction of sp³-hybridized carbons (Fsp3) is 0.333. The summed E-state index contributed by atoms with van der Waals surface area (Å²) in [7, 11) is 0. The number of halogens is 2. The molecule has 1 aromatic carbocycles. The van der Waals surface area contributed by atoms with Crippen molar-refractivity contribution < 1.29 is 24.1 Å². The van der Waals surface area contributed by atoms with Gasteiger partial charge in [-0.25, -0.2) is 8.78 Å². The number of hydrogen-bond donors (Lipinski definition) is 3. The van der Waals surface area contributed by atoms with Gasteiger partial charge in [0.05, 0.1) is 11.2 Å². The van der Waals surface area contributed by atoms with Crippen LogP contribution >= 0.6 is 0 Å². The Morgan fingerprint density at radius 3 is 1.71 bits per heavy atom. The molecule has 0 aliphatic carbocycles. The third-order valence-corrected chi connectivity index (χ3v) is 1.77. The van der Waals surface area contributed by atoms with Crippen molar-refractivity contribution in [1.82, 2.24) is 0 Å². The SMILES string of the molecule is CC(C)(O)c1c(F)c(O)cc(O)c1F. The normalized spacial score (nSPS) is 11.8. The minimum Gasteiger partial charge on any atom is -0.505 e. The molecule has 1 rings (SSSR count). The van der Waals surface area contributed by atoms with Crippen molar-refractivity contribution in [3.63, 3.8) is 0 Å². The predicted molar refractivity (Wildman–Crippen MR) is 44.9 cm³/mol. The van der Waals surface area contributed by atoms with Gasteiger partial charge in [-0.2, -0.15) is 0 Å². The molecule has 0 bridgehead atoms. The molecule has 78 valence electrons. The first-order valence-electron chi connectivity index (χ1n) is 3.88. The molecule has 0 aliphatic rings. The van der Waals surface area contributed by atoms with Crippen molar-refractivity contribution in [2.24, 2.45) is 0 Å². The van der Waals surface area contributed by atoms with Crippen LogP contribution in [0.15, 0.2) is 6.07 Å². The van der Waals surface area contributed by atoms with Crippen LogP contribution in [0.25, 0.3) is 0 Å². The summed E-state index contributed by atoms with van der Waals surface area (Å²) in [5.41, 5.74) is -2.57. The van der Waals surface area contributed by atoms with Crippen molar-refractivity contribution in [1.29, 1.82) is 0 Å². The molecule has 0 atom stereocenters. The van der Waals surface area contributed by atoms with E-state index in [1.165, 1.54) is 0 Å². The van der Waals surface area contributed by atoms with Crippen molar-refractivity contribution >= 4 is 0 Å². The molecule has 14 heavy (non-hydrogen) atoms. The van der Waals surface area contributed by atoms with Crippen LogP contribution in [-0.2, 0) is 5.60 Å². The average Bonchev–Trinajstić information content (AvgIpc) is 1.98. The molecule has 0 fully saturated rings. The summed E-state index contributed by atoms with van der Waals surface area (Å²) in [5.74, 6) is -4.34. The molecule has 0 unspecified atom stereocenters. The van der Waals surface area contributed by atoms with E-state index >= 15 is 0 Å². The number of aromatic hydroxyl groups is 2. The Hall–Kier alpha value is -1.36. The van der Waals surface area contributed by atoms with E-state index in [0.29, 0.717) is 6.07 Å². The number of hydrogen-bond acceptors (Lipinski definition) is 3. The molecular formula is C9H10F2O3. The third-order valence-electron chi connectivity index (χ3n) is 1.77. The highest BCUT2D eigenvalue weighted by Crippen LogP contribution is 2.35. The summed E-state index contributed by atoms with van der Waals surface area (Å²) in [6.07, 6.45) is 0. The highest BCUT2D eigenvalue weighted by molar-refractivity contribution is 5.42. The predicted octanol–water partition coefficient (Wildman–Crippen LogP) is 1.60. The molecule has 3 N–H and O–H groups in total. The lowest BCUT2D eigenvalue weighted by Gasteiger charge is -2.20. The monoisotopic (exact) mass is 204 g/mol. The zero-order valence-corrected chi connectivity index (χ0v) is 7.67. The van der Waals surface area contributed by atoms with Gasteiger partial charge < -0.3 is 15.3 Å². The molecule has 0 aliphatic heterocycles. The van der Waals surface area contributed by atoms with Crippen LogP contribution in [0.5, 0.6) is 11.5 Å². The first-order chi connectivity index (χ1) is 6.25. The summed E-state index contributed by atoms with van der Waals surface area (Å²) in [6.45, 7) is 2.29. The molecule has 0 heterocycles. The second-order valence-electron chi connectivity index (χ2n) is 3.48. The van der Waals surface area contributed by atoms with Crippen molar-refractivity contribution in [3.8, 4) is 11.5 Å². The smallest absolute Gasteiger partial charge is 0.174 e. The van der Waals surface area contributed by atoms with E-state index in [1.807, 2.05) is 0 Å². The van der Waals surface area contributed by atoms with Gasteiger partial charge in [0.25, 0.3) is 0 Å². The van der Waals surface area contributed by atoms with Crippen LogP contribution < -0.4 is 0 Å². The Balaban J connectivity index is 3.56. The topological polar surface area (TPSA) is 60.7 Å². The maximum Gasteiger partial charge on any atom is 0.174 e. The number of phenolic OH excluding ortho intramolecular Hbond substituents is 2. The quantitative estimate of drug-likeness (QED) is 0.651. The maximum absolute atomic E-state index is 13.2. The summed E-state index contributed by atoms with van der Waals surface area (Å²) in [4.78, 5) is 0. The lowest BCUT2D eigenvalue weighted by atomic mass is 9.96. The van der Waals surface area contributed by atoms with E-state index in [-0.39, 0.29) is 0 Å². The Bertz CT molecular complexity index is 343. The molecule has 0 spiro atoms. The number of phenols is 2. The molecule has 3 nitrogen and oxygen atoms in total. The second-order valence-corrected chi connectivity index (χ2v) is 3.48. The molecule has 0 saturated heterocycles. The fourth-order valence-corrected chi connectivity index (χ4v) is 1.15. The molecule has 0 radical (unpaired) electrons. The minimum absolute atomic E-state index is 0.542. The van der Waals surface area contributed by atoms with E-state index in [4.69, 9.17) is 10.2 Å². The lowest BCUT2D eigenvalue weighted by molar-refractivity contribution is 0.0688. The standard InChI is InChI=1S/C9H10F2O3/c1-9(2,14)6-7(10)4(12)3-5(13)8(6)11/h3,12-14H,1-2H3. The summed E-state index contributed by atoms with van der Waals surface area (Å²) < 4.78 is 26.4. The van der Waals surface area contributed by atoms with Gasteiger partial charge in [0.1, 0.15) is 0 Å². The Labute approximate surface area is 79.2 Å². The average molecular weight is 204 g/mol. The van der Waals surface area contributed by atoms with E-state index < -0.39 is 34.3 Å². The van der Waals surface area contributed by atoms with Gasteiger partial charge in [-0.15, -0.1) is 0 Å². The van der Waals surface area contributed by atoms with Crippen LogP contribution in [0.4, 0.5) is 8.78 Å². The van der Waals surface area contributed by atoms with Crippen LogP contribution in [0.3, 0.4) is 0 Å². The van der Waals surface area contributed by atoms with Gasteiger partial charge >= 0.3 is 0 Å². The Morgan fingerprint density at radius 1 is 1.07 bits per heavy atom. The van der Waals surface area contributed by atoms with Gasteiger partial charge in [-0.1, -0.05) is 0 Å². The number of rotatable bonds is 1. The number of benzene rings is 1. The second kappa shape index (κ2) is 3.09. The molecule has 0 aromatic heterocycles. The lowest BCUT2D eigenvalue weighted by Crippen LogP contribution is -2.20. The molecule has 0 amide bonds. The van der Waals surface area contributed by atoms with Gasteiger partial charge in [-0.3, -0.25) is 0 Å². The zero-order valence-electron chi connectivity index (χ0n) is 7.67. The number of aliphatic hydroxyl groups is 1. The van der Waals surface area contributed by atoms with Crippen molar-refractivity contribution in [3.05, 3.63) is 23.3 Å². The highest BCUT2D eigenvalue weighted by Gasteiger charge is 2.29.